The van der Waals surface area contributed by atoms with Gasteiger partial charge in [-0.05, 0) is 6.42 Å². The van der Waals surface area contributed by atoms with Gasteiger partial charge < -0.3 is 17.3 Å². The molecular formula is C9H22N3NaO2. The molecule has 0 saturated carbocycles. The summed E-state index contributed by atoms with van der Waals surface area (Å²) in [7, 11) is 0. The quantitative estimate of drug-likeness (QED) is 0.221. The first kappa shape index (κ1) is 17.7. The molecule has 0 aliphatic heterocycles. The molecule has 0 spiro atoms. The van der Waals surface area contributed by atoms with Crippen LogP contribution in [0.1, 0.15) is 27.6 Å². The first-order chi connectivity index (χ1) is 6.81. The standard InChI is InChI=1S/C9H21N3O2.Na.H/c1-2-3-4-9(13)14-12-8-7-11-6-5-10;;/h11-12H,2-8,10H2,1H3;;/q;+1;-1. The molecule has 0 aromatic heterocycles. The second kappa shape index (κ2) is 14.3. The molecule has 0 unspecified atom stereocenters. The number of carbonyl (C=O) groups is 1. The third-order valence-corrected chi connectivity index (χ3v) is 1.65. The number of unbranched alkanes of at least 4 members (excludes halogenated alkanes) is 1. The number of nitrogens with one attached hydrogen (secondary N) is 2. The van der Waals surface area contributed by atoms with Crippen LogP contribution in [0.5, 0.6) is 0 Å². The van der Waals surface area contributed by atoms with Crippen molar-refractivity contribution in [1.29, 1.82) is 0 Å². The van der Waals surface area contributed by atoms with Crippen molar-refractivity contribution >= 4 is 5.97 Å². The minimum absolute atomic E-state index is 0. The Kier molecular flexibility index (Phi) is 17.0. The summed E-state index contributed by atoms with van der Waals surface area (Å²) in [5.74, 6) is -0.189. The predicted octanol–water partition coefficient (Wildman–Crippen LogP) is -3.11. The molecule has 0 aliphatic carbocycles. The normalized spacial score (nSPS) is 9.47. The van der Waals surface area contributed by atoms with E-state index < -0.39 is 0 Å². The fourth-order valence-corrected chi connectivity index (χ4v) is 0.870. The Morgan fingerprint density at radius 1 is 1.40 bits per heavy atom. The van der Waals surface area contributed by atoms with E-state index in [1.54, 1.807) is 0 Å². The van der Waals surface area contributed by atoms with Crippen molar-refractivity contribution in [2.75, 3.05) is 26.2 Å². The van der Waals surface area contributed by atoms with Crippen LogP contribution in [0, 0.1) is 0 Å². The first-order valence-electron chi connectivity index (χ1n) is 5.14. The maximum Gasteiger partial charge on any atom is 1.00 e. The van der Waals surface area contributed by atoms with Crippen molar-refractivity contribution in [3.63, 3.8) is 0 Å². The van der Waals surface area contributed by atoms with Gasteiger partial charge in [0, 0.05) is 32.6 Å². The van der Waals surface area contributed by atoms with Gasteiger partial charge in [0.05, 0.1) is 0 Å². The Labute approximate surface area is 115 Å². The Morgan fingerprint density at radius 3 is 2.73 bits per heavy atom. The smallest absolute Gasteiger partial charge is 1.00 e. The van der Waals surface area contributed by atoms with E-state index in [1.165, 1.54) is 0 Å². The summed E-state index contributed by atoms with van der Waals surface area (Å²) < 4.78 is 0. The summed E-state index contributed by atoms with van der Waals surface area (Å²) >= 11 is 0. The van der Waals surface area contributed by atoms with Crippen LogP contribution < -0.4 is 46.1 Å². The van der Waals surface area contributed by atoms with Crippen molar-refractivity contribution in [1.82, 2.24) is 10.8 Å². The number of hydrogen-bond acceptors (Lipinski definition) is 5. The van der Waals surface area contributed by atoms with Gasteiger partial charge in [-0.15, -0.1) is 0 Å². The molecular weight excluding hydrogens is 205 g/mol. The topological polar surface area (TPSA) is 76.4 Å². The average molecular weight is 227 g/mol. The van der Waals surface area contributed by atoms with Crippen LogP contribution in [0.25, 0.3) is 0 Å². The van der Waals surface area contributed by atoms with Gasteiger partial charge in [-0.1, -0.05) is 13.3 Å². The van der Waals surface area contributed by atoms with Crippen LogP contribution in [-0.4, -0.2) is 32.1 Å². The maximum absolute atomic E-state index is 11.0. The van der Waals surface area contributed by atoms with Crippen molar-refractivity contribution in [2.45, 2.75) is 26.2 Å². The van der Waals surface area contributed by atoms with E-state index in [0.29, 0.717) is 19.5 Å². The Hall–Kier alpha value is 0.350. The average Bonchev–Trinajstić information content (AvgIpc) is 2.20. The molecule has 0 aromatic carbocycles. The minimum atomic E-state index is -0.189. The molecule has 0 rings (SSSR count). The molecule has 0 radical (unpaired) electrons. The summed E-state index contributed by atoms with van der Waals surface area (Å²) in [5, 5.41) is 3.07. The van der Waals surface area contributed by atoms with E-state index in [1.807, 2.05) is 6.92 Å². The number of hydroxylamine groups is 1. The maximum atomic E-state index is 11.0. The van der Waals surface area contributed by atoms with Crippen LogP contribution in [-0.2, 0) is 9.63 Å². The van der Waals surface area contributed by atoms with Crippen LogP contribution in [0.3, 0.4) is 0 Å². The minimum Gasteiger partial charge on any atom is -1.00 e. The van der Waals surface area contributed by atoms with Gasteiger partial charge in [-0.25, -0.2) is 0 Å². The number of nitrogens with two attached hydrogens (primary N) is 1. The van der Waals surface area contributed by atoms with Crippen LogP contribution in [0.4, 0.5) is 0 Å². The molecule has 0 aromatic rings. The third-order valence-electron chi connectivity index (χ3n) is 1.65. The zero-order chi connectivity index (χ0) is 10.6. The van der Waals surface area contributed by atoms with Crippen LogP contribution >= 0.6 is 0 Å². The van der Waals surface area contributed by atoms with Crippen molar-refractivity contribution in [3.05, 3.63) is 0 Å². The van der Waals surface area contributed by atoms with Crippen molar-refractivity contribution in [2.24, 2.45) is 5.73 Å². The molecule has 0 amide bonds. The molecule has 4 N–H and O–H groups in total. The van der Waals surface area contributed by atoms with Gasteiger partial charge in [-0.3, -0.25) is 4.79 Å². The van der Waals surface area contributed by atoms with Gasteiger partial charge >= 0.3 is 35.5 Å². The van der Waals surface area contributed by atoms with E-state index >= 15 is 0 Å². The molecule has 0 aliphatic rings. The molecule has 0 heterocycles. The molecule has 86 valence electrons. The summed E-state index contributed by atoms with van der Waals surface area (Å²) in [6, 6.07) is 0. The van der Waals surface area contributed by atoms with Crippen LogP contribution in [0.2, 0.25) is 0 Å². The summed E-state index contributed by atoms with van der Waals surface area (Å²) in [6.45, 7) is 4.80. The number of rotatable bonds is 9. The molecule has 5 nitrogen and oxygen atoms in total. The summed E-state index contributed by atoms with van der Waals surface area (Å²) in [5.41, 5.74) is 7.88. The van der Waals surface area contributed by atoms with Gasteiger partial charge in [-0.2, -0.15) is 5.48 Å². The van der Waals surface area contributed by atoms with E-state index in [9.17, 15) is 4.79 Å². The zero-order valence-electron chi connectivity index (χ0n) is 10.8. The molecule has 0 atom stereocenters. The number of carbonyl (C=O) groups excluding carboxylic acids is 1. The van der Waals surface area contributed by atoms with E-state index in [0.717, 1.165) is 25.9 Å². The van der Waals surface area contributed by atoms with E-state index in [2.05, 4.69) is 10.8 Å². The van der Waals surface area contributed by atoms with Crippen molar-refractivity contribution in [3.8, 4) is 0 Å². The van der Waals surface area contributed by atoms with Crippen LogP contribution in [0.15, 0.2) is 0 Å². The predicted molar refractivity (Wildman–Crippen MR) is 56.7 cm³/mol. The van der Waals surface area contributed by atoms with E-state index in [-0.39, 0.29) is 37.0 Å². The molecule has 0 fully saturated rings. The van der Waals surface area contributed by atoms with E-state index in [4.69, 9.17) is 10.6 Å². The van der Waals surface area contributed by atoms with Gasteiger partial charge in [0.15, 0.2) is 0 Å². The monoisotopic (exact) mass is 227 g/mol. The fourth-order valence-electron chi connectivity index (χ4n) is 0.870. The van der Waals surface area contributed by atoms with Gasteiger partial charge in [0.25, 0.3) is 0 Å². The fraction of sp³-hybridized carbons (Fsp3) is 0.889. The molecule has 0 bridgehead atoms. The zero-order valence-corrected chi connectivity index (χ0v) is 11.8. The Morgan fingerprint density at radius 2 is 2.13 bits per heavy atom. The summed E-state index contributed by atoms with van der Waals surface area (Å²) in [6.07, 6.45) is 2.37. The van der Waals surface area contributed by atoms with Crippen molar-refractivity contribution < 1.29 is 40.6 Å². The number of hydrogen-bond donors (Lipinski definition) is 3. The first-order valence-corrected chi connectivity index (χ1v) is 5.14. The van der Waals surface area contributed by atoms with Gasteiger partial charge in [0.2, 0.25) is 0 Å². The van der Waals surface area contributed by atoms with Gasteiger partial charge in [0.1, 0.15) is 0 Å². The molecule has 6 heteroatoms. The third kappa shape index (κ3) is 14.4. The molecule has 0 saturated heterocycles. The second-order valence-electron chi connectivity index (χ2n) is 3.01. The molecule has 15 heavy (non-hydrogen) atoms. The second-order valence-corrected chi connectivity index (χ2v) is 3.01. The summed E-state index contributed by atoms with van der Waals surface area (Å²) in [4.78, 5) is 15.7. The largest absolute Gasteiger partial charge is 1.00 e. The SMILES string of the molecule is CCCCC(=O)ONCCNCCN.[H-].[Na+]. The Bertz CT molecular complexity index is 153. The Balaban J connectivity index is -0.000000845.